The van der Waals surface area contributed by atoms with Crippen molar-refractivity contribution in [2.45, 2.75) is 6.54 Å². The van der Waals surface area contributed by atoms with Gasteiger partial charge in [-0.1, -0.05) is 6.07 Å². The van der Waals surface area contributed by atoms with Crippen molar-refractivity contribution in [3.8, 4) is 6.07 Å². The Morgan fingerprint density at radius 1 is 1.48 bits per heavy atom. The Kier molecular flexibility index (Phi) is 3.76. The summed E-state index contributed by atoms with van der Waals surface area (Å²) >= 11 is 3.37. The van der Waals surface area contributed by atoms with Crippen LogP contribution in [0.2, 0.25) is 0 Å². The molecule has 0 aliphatic carbocycles. The van der Waals surface area contributed by atoms with Gasteiger partial charge in [0.15, 0.2) is 0 Å². The van der Waals surface area contributed by atoms with Crippen molar-refractivity contribution >= 4 is 21.8 Å². The van der Waals surface area contributed by atoms with Crippen LogP contribution in [0.25, 0.3) is 0 Å². The summed E-state index contributed by atoms with van der Waals surface area (Å²) in [5, 5.41) is 13.1. The number of hydrogen-bond acceptors (Lipinski definition) is 3. The highest BCUT2D eigenvalue weighted by Crippen LogP contribution is 2.21. The van der Waals surface area contributed by atoms with Gasteiger partial charge in [-0.25, -0.2) is 0 Å². The van der Waals surface area contributed by atoms with Gasteiger partial charge < -0.3 is 4.90 Å². The highest BCUT2D eigenvalue weighted by atomic mass is 79.9. The molecule has 3 rings (SSSR count). The number of benzene rings is 1. The summed E-state index contributed by atoms with van der Waals surface area (Å²) in [7, 11) is 0. The summed E-state index contributed by atoms with van der Waals surface area (Å²) in [5.74, 6) is 0.421. The molecule has 1 aliphatic heterocycles. The maximum Gasteiger partial charge on any atom is 0.253 e. The first-order chi connectivity index (χ1) is 10.2. The normalized spacial score (nSPS) is 14.6. The quantitative estimate of drug-likeness (QED) is 0.858. The van der Waals surface area contributed by atoms with Crippen LogP contribution < -0.4 is 0 Å². The van der Waals surface area contributed by atoms with E-state index in [2.05, 4.69) is 27.1 Å². The van der Waals surface area contributed by atoms with Crippen molar-refractivity contribution in [1.29, 1.82) is 5.26 Å². The third-order valence-corrected chi connectivity index (χ3v) is 3.94. The molecule has 0 saturated carbocycles. The SMILES string of the molecule is N#Cc1cccc(C(=O)N2CC(Cn3cc(Br)cn3)C2)c1. The molecule has 0 radical (unpaired) electrons. The molecule has 1 saturated heterocycles. The minimum absolute atomic E-state index is 0.00926. The van der Waals surface area contributed by atoms with E-state index < -0.39 is 0 Å². The summed E-state index contributed by atoms with van der Waals surface area (Å²) in [5.41, 5.74) is 1.09. The summed E-state index contributed by atoms with van der Waals surface area (Å²) in [6.45, 7) is 2.27. The number of carbonyl (C=O) groups excluding carboxylic acids is 1. The Bertz CT molecular complexity index is 712. The zero-order valence-corrected chi connectivity index (χ0v) is 12.8. The monoisotopic (exact) mass is 344 g/mol. The second-order valence-corrected chi connectivity index (χ2v) is 6.07. The van der Waals surface area contributed by atoms with Crippen LogP contribution in [0.5, 0.6) is 0 Å². The van der Waals surface area contributed by atoms with Gasteiger partial charge in [-0.3, -0.25) is 9.48 Å². The van der Waals surface area contributed by atoms with E-state index >= 15 is 0 Å². The second-order valence-electron chi connectivity index (χ2n) is 5.15. The third kappa shape index (κ3) is 2.98. The Morgan fingerprint density at radius 2 is 2.29 bits per heavy atom. The van der Waals surface area contributed by atoms with Gasteiger partial charge in [0.2, 0.25) is 0 Å². The van der Waals surface area contributed by atoms with Gasteiger partial charge >= 0.3 is 0 Å². The lowest BCUT2D eigenvalue weighted by Gasteiger charge is -2.39. The third-order valence-electron chi connectivity index (χ3n) is 3.53. The van der Waals surface area contributed by atoms with Crippen molar-refractivity contribution in [2.75, 3.05) is 13.1 Å². The number of rotatable bonds is 3. The lowest BCUT2D eigenvalue weighted by atomic mass is 9.98. The van der Waals surface area contributed by atoms with Gasteiger partial charge in [0, 0.05) is 37.3 Å². The molecular formula is C15H13BrN4O. The van der Waals surface area contributed by atoms with E-state index in [1.165, 1.54) is 0 Å². The molecule has 1 amide bonds. The van der Waals surface area contributed by atoms with E-state index in [4.69, 9.17) is 5.26 Å². The molecule has 1 aromatic heterocycles. The van der Waals surface area contributed by atoms with E-state index in [1.54, 1.807) is 35.4 Å². The van der Waals surface area contributed by atoms with Gasteiger partial charge in [0.1, 0.15) is 0 Å². The van der Waals surface area contributed by atoms with Crippen molar-refractivity contribution < 1.29 is 4.79 Å². The van der Waals surface area contributed by atoms with Crippen molar-refractivity contribution in [3.63, 3.8) is 0 Å². The molecule has 1 aromatic carbocycles. The van der Waals surface area contributed by atoms with Gasteiger partial charge in [0.25, 0.3) is 5.91 Å². The molecule has 1 fully saturated rings. The largest absolute Gasteiger partial charge is 0.338 e. The van der Waals surface area contributed by atoms with Crippen LogP contribution in [0.15, 0.2) is 41.1 Å². The van der Waals surface area contributed by atoms with E-state index in [0.717, 1.165) is 24.1 Å². The number of halogens is 1. The Hall–Kier alpha value is -2.13. The Labute approximate surface area is 130 Å². The average molecular weight is 345 g/mol. The average Bonchev–Trinajstić information content (AvgIpc) is 2.87. The molecule has 0 bridgehead atoms. The minimum Gasteiger partial charge on any atom is -0.338 e. The van der Waals surface area contributed by atoms with Crippen molar-refractivity contribution in [1.82, 2.24) is 14.7 Å². The first-order valence-electron chi connectivity index (χ1n) is 6.63. The topological polar surface area (TPSA) is 61.9 Å². The van der Waals surface area contributed by atoms with Gasteiger partial charge in [-0.15, -0.1) is 0 Å². The fourth-order valence-corrected chi connectivity index (χ4v) is 2.79. The first kappa shape index (κ1) is 13.8. The van der Waals surface area contributed by atoms with Crippen molar-refractivity contribution in [3.05, 3.63) is 52.3 Å². The van der Waals surface area contributed by atoms with E-state index in [9.17, 15) is 4.79 Å². The standard InChI is InChI=1S/C15H13BrN4O/c16-14-6-18-20(10-14)9-12-7-19(8-12)15(21)13-3-1-2-11(4-13)5-17/h1-4,6,10,12H,7-9H2. The molecule has 0 atom stereocenters. The molecule has 0 N–H and O–H groups in total. The molecule has 106 valence electrons. The van der Waals surface area contributed by atoms with Gasteiger partial charge in [0.05, 0.1) is 22.3 Å². The number of amides is 1. The van der Waals surface area contributed by atoms with Crippen LogP contribution in [0.4, 0.5) is 0 Å². The number of aromatic nitrogens is 2. The lowest BCUT2D eigenvalue weighted by Crippen LogP contribution is -2.51. The maximum atomic E-state index is 12.3. The summed E-state index contributed by atoms with van der Waals surface area (Å²) in [4.78, 5) is 14.1. The van der Waals surface area contributed by atoms with Crippen LogP contribution in [0.1, 0.15) is 15.9 Å². The molecule has 2 heterocycles. The number of likely N-dealkylation sites (tertiary alicyclic amines) is 1. The maximum absolute atomic E-state index is 12.3. The predicted octanol–water partition coefficient (Wildman–Crippen LogP) is 2.29. The minimum atomic E-state index is -0.00926. The van der Waals surface area contributed by atoms with Gasteiger partial charge in [-0.05, 0) is 34.1 Å². The molecule has 1 aliphatic rings. The molecule has 21 heavy (non-hydrogen) atoms. The fourth-order valence-electron chi connectivity index (χ4n) is 2.46. The predicted molar refractivity (Wildman–Crippen MR) is 80.5 cm³/mol. The highest BCUT2D eigenvalue weighted by molar-refractivity contribution is 9.10. The molecule has 2 aromatic rings. The van der Waals surface area contributed by atoms with Crippen LogP contribution in [0, 0.1) is 17.2 Å². The second kappa shape index (κ2) is 5.70. The lowest BCUT2D eigenvalue weighted by molar-refractivity contribution is 0.0461. The smallest absolute Gasteiger partial charge is 0.253 e. The van der Waals surface area contributed by atoms with E-state index in [0.29, 0.717) is 17.0 Å². The van der Waals surface area contributed by atoms with E-state index in [-0.39, 0.29) is 5.91 Å². The van der Waals surface area contributed by atoms with Crippen LogP contribution in [-0.2, 0) is 6.54 Å². The van der Waals surface area contributed by atoms with Crippen molar-refractivity contribution in [2.24, 2.45) is 5.92 Å². The number of nitriles is 1. The van der Waals surface area contributed by atoms with E-state index in [1.807, 2.05) is 10.9 Å². The van der Waals surface area contributed by atoms with Gasteiger partial charge in [-0.2, -0.15) is 10.4 Å². The molecule has 0 unspecified atom stereocenters. The number of carbonyl (C=O) groups is 1. The first-order valence-corrected chi connectivity index (χ1v) is 7.42. The van der Waals surface area contributed by atoms with Crippen LogP contribution >= 0.6 is 15.9 Å². The fraction of sp³-hybridized carbons (Fsp3) is 0.267. The Balaban J connectivity index is 1.58. The zero-order valence-electron chi connectivity index (χ0n) is 11.2. The van der Waals surface area contributed by atoms with Crippen LogP contribution in [0.3, 0.4) is 0 Å². The molecule has 0 spiro atoms. The molecule has 5 nitrogen and oxygen atoms in total. The summed E-state index contributed by atoms with van der Waals surface area (Å²) in [6.07, 6.45) is 3.69. The number of hydrogen-bond donors (Lipinski definition) is 0. The molecular weight excluding hydrogens is 332 g/mol. The highest BCUT2D eigenvalue weighted by Gasteiger charge is 2.31. The summed E-state index contributed by atoms with van der Waals surface area (Å²) < 4.78 is 2.84. The Morgan fingerprint density at radius 3 is 2.95 bits per heavy atom. The molecule has 6 heteroatoms. The number of nitrogens with zero attached hydrogens (tertiary/aromatic N) is 4. The summed E-state index contributed by atoms with van der Waals surface area (Å²) in [6, 6.07) is 8.88. The zero-order chi connectivity index (χ0) is 14.8. The van der Waals surface area contributed by atoms with Crippen LogP contribution in [-0.4, -0.2) is 33.7 Å².